The lowest BCUT2D eigenvalue weighted by molar-refractivity contribution is 0.0378. The van der Waals surface area contributed by atoms with Crippen LogP contribution in [0, 0.1) is 0 Å². The van der Waals surface area contributed by atoms with Crippen LogP contribution in [0.2, 0.25) is 0 Å². The predicted molar refractivity (Wildman–Crippen MR) is 114 cm³/mol. The van der Waals surface area contributed by atoms with Gasteiger partial charge < -0.3 is 9.64 Å². The number of hydrogen-bond acceptors (Lipinski definition) is 2. The van der Waals surface area contributed by atoms with E-state index in [1.165, 1.54) is 62.9 Å². The van der Waals surface area contributed by atoms with Crippen molar-refractivity contribution < 1.29 is 4.74 Å². The molecule has 27 heavy (non-hydrogen) atoms. The number of rotatable bonds is 11. The number of benzene rings is 2. The molecule has 2 heteroatoms. The largest absolute Gasteiger partial charge is 0.373 e. The lowest BCUT2D eigenvalue weighted by Crippen LogP contribution is -2.31. The van der Waals surface area contributed by atoms with Gasteiger partial charge in [0.05, 0.1) is 6.10 Å². The normalized spacial score (nSPS) is 16.3. The summed E-state index contributed by atoms with van der Waals surface area (Å²) in [7, 11) is 0. The Balaban J connectivity index is 1.40. The lowest BCUT2D eigenvalue weighted by Gasteiger charge is -2.26. The van der Waals surface area contributed by atoms with Gasteiger partial charge in [0.1, 0.15) is 0 Å². The summed E-state index contributed by atoms with van der Waals surface area (Å²) in [5.41, 5.74) is 2.77. The second-order valence-corrected chi connectivity index (χ2v) is 7.76. The van der Waals surface area contributed by atoms with Crippen LogP contribution in [-0.2, 0) is 11.2 Å². The molecule has 1 saturated heterocycles. The highest BCUT2D eigenvalue weighted by atomic mass is 16.5. The number of likely N-dealkylation sites (tertiary alicyclic amines) is 1. The molecular weight excluding hydrogens is 330 g/mol. The number of piperidine rings is 1. The number of ether oxygens (including phenoxy) is 1. The Morgan fingerprint density at radius 3 is 2.22 bits per heavy atom. The number of aryl methyl sites for hydroxylation is 1. The Morgan fingerprint density at radius 2 is 1.48 bits per heavy atom. The molecule has 0 N–H and O–H groups in total. The van der Waals surface area contributed by atoms with Gasteiger partial charge in [-0.05, 0) is 62.7 Å². The van der Waals surface area contributed by atoms with E-state index in [9.17, 15) is 0 Å². The second kappa shape index (κ2) is 11.9. The van der Waals surface area contributed by atoms with E-state index in [2.05, 4.69) is 65.6 Å². The summed E-state index contributed by atoms with van der Waals surface area (Å²) in [6, 6.07) is 21.6. The minimum atomic E-state index is 0.239. The summed E-state index contributed by atoms with van der Waals surface area (Å²) in [6.45, 7) is 4.62. The van der Waals surface area contributed by atoms with Crippen LogP contribution in [0.3, 0.4) is 0 Å². The van der Waals surface area contributed by atoms with Crippen molar-refractivity contribution in [2.75, 3.05) is 26.2 Å². The maximum atomic E-state index is 6.34. The third kappa shape index (κ3) is 7.48. The highest BCUT2D eigenvalue weighted by molar-refractivity contribution is 5.17. The van der Waals surface area contributed by atoms with E-state index < -0.39 is 0 Å². The molecule has 0 aliphatic carbocycles. The van der Waals surface area contributed by atoms with Crippen LogP contribution in [0.25, 0.3) is 0 Å². The smallest absolute Gasteiger partial charge is 0.0824 e. The Kier molecular flexibility index (Phi) is 8.89. The monoisotopic (exact) mass is 365 g/mol. The zero-order valence-corrected chi connectivity index (χ0v) is 16.7. The van der Waals surface area contributed by atoms with E-state index in [1.54, 1.807) is 0 Å². The molecule has 1 aliphatic rings. The van der Waals surface area contributed by atoms with Gasteiger partial charge in [0, 0.05) is 13.2 Å². The minimum absolute atomic E-state index is 0.239. The molecule has 0 spiro atoms. The molecule has 1 atom stereocenters. The van der Waals surface area contributed by atoms with Crippen LogP contribution < -0.4 is 0 Å². The molecule has 2 nitrogen and oxygen atoms in total. The maximum absolute atomic E-state index is 6.34. The van der Waals surface area contributed by atoms with Gasteiger partial charge in [-0.2, -0.15) is 0 Å². The van der Waals surface area contributed by atoms with Gasteiger partial charge in [0.2, 0.25) is 0 Å². The Hall–Kier alpha value is -1.64. The first-order chi connectivity index (χ1) is 13.4. The summed E-state index contributed by atoms with van der Waals surface area (Å²) in [4.78, 5) is 2.60. The van der Waals surface area contributed by atoms with Crippen molar-refractivity contribution in [3.05, 3.63) is 71.8 Å². The fourth-order valence-electron chi connectivity index (χ4n) is 4.01. The van der Waals surface area contributed by atoms with Gasteiger partial charge in [-0.25, -0.2) is 0 Å². The van der Waals surface area contributed by atoms with Gasteiger partial charge >= 0.3 is 0 Å². The van der Waals surface area contributed by atoms with E-state index in [-0.39, 0.29) is 6.10 Å². The van der Waals surface area contributed by atoms with Crippen molar-refractivity contribution in [1.29, 1.82) is 0 Å². The maximum Gasteiger partial charge on any atom is 0.0824 e. The molecule has 1 fully saturated rings. The molecule has 0 radical (unpaired) electrons. The summed E-state index contributed by atoms with van der Waals surface area (Å²) >= 11 is 0. The van der Waals surface area contributed by atoms with Crippen molar-refractivity contribution in [2.24, 2.45) is 0 Å². The SMILES string of the molecule is c1ccc(CCCCC(OCCCN2CCCCC2)c2ccccc2)cc1. The molecule has 146 valence electrons. The van der Waals surface area contributed by atoms with E-state index in [1.807, 2.05) is 0 Å². The Morgan fingerprint density at radius 1 is 0.778 bits per heavy atom. The van der Waals surface area contributed by atoms with E-state index >= 15 is 0 Å². The van der Waals surface area contributed by atoms with Gasteiger partial charge in [-0.15, -0.1) is 0 Å². The highest BCUT2D eigenvalue weighted by Gasteiger charge is 2.13. The topological polar surface area (TPSA) is 12.5 Å². The van der Waals surface area contributed by atoms with Crippen LogP contribution in [0.1, 0.15) is 62.2 Å². The average molecular weight is 366 g/mol. The molecular formula is C25H35NO. The molecule has 2 aromatic rings. The third-order valence-electron chi connectivity index (χ3n) is 5.58. The molecule has 0 bridgehead atoms. The summed E-state index contributed by atoms with van der Waals surface area (Å²) in [5, 5.41) is 0. The molecule has 2 aromatic carbocycles. The fraction of sp³-hybridized carbons (Fsp3) is 0.520. The van der Waals surface area contributed by atoms with Crippen LogP contribution in [0.15, 0.2) is 60.7 Å². The van der Waals surface area contributed by atoms with E-state index in [0.29, 0.717) is 0 Å². The van der Waals surface area contributed by atoms with Crippen LogP contribution >= 0.6 is 0 Å². The summed E-state index contributed by atoms with van der Waals surface area (Å²) < 4.78 is 6.34. The molecule has 1 heterocycles. The van der Waals surface area contributed by atoms with Crippen molar-refractivity contribution in [3.63, 3.8) is 0 Å². The summed E-state index contributed by atoms with van der Waals surface area (Å²) in [6.07, 6.45) is 10.2. The zero-order chi connectivity index (χ0) is 18.6. The Labute approximate surface area is 165 Å². The predicted octanol–water partition coefficient (Wildman–Crippen LogP) is 6.03. The van der Waals surface area contributed by atoms with Crippen molar-refractivity contribution >= 4 is 0 Å². The van der Waals surface area contributed by atoms with Crippen LogP contribution in [0.5, 0.6) is 0 Å². The minimum Gasteiger partial charge on any atom is -0.373 e. The highest BCUT2D eigenvalue weighted by Crippen LogP contribution is 2.24. The number of nitrogens with zero attached hydrogens (tertiary/aromatic N) is 1. The fourth-order valence-corrected chi connectivity index (χ4v) is 4.01. The van der Waals surface area contributed by atoms with Crippen LogP contribution in [0.4, 0.5) is 0 Å². The first kappa shape index (κ1) is 20.1. The number of unbranched alkanes of at least 4 members (excludes halogenated alkanes) is 1. The standard InChI is InChI=1S/C25H35NO/c1-4-13-23(14-5-1)15-8-9-18-25(24-16-6-2-7-17-24)27-22-12-21-26-19-10-3-11-20-26/h1-2,4-7,13-14,16-17,25H,3,8-12,15,18-22H2. The first-order valence-electron chi connectivity index (χ1n) is 10.8. The van der Waals surface area contributed by atoms with Crippen molar-refractivity contribution in [2.45, 2.75) is 57.5 Å². The quantitative estimate of drug-likeness (QED) is 0.451. The van der Waals surface area contributed by atoms with Crippen molar-refractivity contribution in [1.82, 2.24) is 4.90 Å². The molecule has 3 rings (SSSR count). The zero-order valence-electron chi connectivity index (χ0n) is 16.7. The summed E-state index contributed by atoms with van der Waals surface area (Å²) in [5.74, 6) is 0. The third-order valence-corrected chi connectivity index (χ3v) is 5.58. The molecule has 0 amide bonds. The first-order valence-corrected chi connectivity index (χ1v) is 10.8. The average Bonchev–Trinajstić information content (AvgIpc) is 2.75. The second-order valence-electron chi connectivity index (χ2n) is 7.76. The lowest BCUT2D eigenvalue weighted by atomic mass is 10.0. The van der Waals surface area contributed by atoms with E-state index in [0.717, 1.165) is 25.9 Å². The Bertz CT molecular complexity index is 607. The molecule has 0 aromatic heterocycles. The van der Waals surface area contributed by atoms with Crippen LogP contribution in [-0.4, -0.2) is 31.1 Å². The molecule has 1 aliphatic heterocycles. The van der Waals surface area contributed by atoms with E-state index in [4.69, 9.17) is 4.74 Å². The molecule has 1 unspecified atom stereocenters. The van der Waals surface area contributed by atoms with Gasteiger partial charge in [0.25, 0.3) is 0 Å². The van der Waals surface area contributed by atoms with Crippen molar-refractivity contribution in [3.8, 4) is 0 Å². The molecule has 0 saturated carbocycles. The van der Waals surface area contributed by atoms with Gasteiger partial charge in [-0.3, -0.25) is 0 Å². The van der Waals surface area contributed by atoms with Gasteiger partial charge in [0.15, 0.2) is 0 Å². The number of hydrogen-bond donors (Lipinski definition) is 0. The van der Waals surface area contributed by atoms with Gasteiger partial charge in [-0.1, -0.05) is 73.5 Å².